The van der Waals surface area contributed by atoms with Crippen LogP contribution in [0.3, 0.4) is 0 Å². The molecule has 0 unspecified atom stereocenters. The highest BCUT2D eigenvalue weighted by molar-refractivity contribution is 7.91. The third kappa shape index (κ3) is 3.69. The summed E-state index contributed by atoms with van der Waals surface area (Å²) in [7, 11) is -4.54. The Morgan fingerprint density at radius 1 is 1.10 bits per heavy atom. The Balaban J connectivity index is 2.07. The maximum atomic E-state index is 12.4. The predicted octanol–water partition coefficient (Wildman–Crippen LogP) is 2.88. The fraction of sp³-hybridized carbons (Fsp3) is 0.143. The summed E-state index contributed by atoms with van der Waals surface area (Å²) in [5.41, 5.74) is 7.89. The molecule has 0 saturated carbocycles. The molecule has 4 nitrogen and oxygen atoms in total. The Labute approximate surface area is 121 Å². The molecule has 3 N–H and O–H groups in total. The molecular formula is C14H14F2N2O2S. The van der Waals surface area contributed by atoms with Crippen LogP contribution in [-0.4, -0.2) is 14.2 Å². The molecule has 2 aromatic carbocycles. The van der Waals surface area contributed by atoms with Crippen molar-refractivity contribution in [2.75, 3.05) is 11.1 Å². The van der Waals surface area contributed by atoms with Crippen LogP contribution in [0.15, 0.2) is 53.4 Å². The number of benzene rings is 2. The summed E-state index contributed by atoms with van der Waals surface area (Å²) in [6, 6.07) is 12.5. The predicted molar refractivity (Wildman–Crippen MR) is 77.8 cm³/mol. The molecule has 0 bridgehead atoms. The molecule has 112 valence electrons. The van der Waals surface area contributed by atoms with Crippen LogP contribution in [-0.2, 0) is 16.4 Å². The second-order valence-electron chi connectivity index (χ2n) is 4.43. The number of hydrogen-bond donors (Lipinski definition) is 2. The Hall–Kier alpha value is -2.15. The van der Waals surface area contributed by atoms with Crippen LogP contribution in [0.25, 0.3) is 0 Å². The van der Waals surface area contributed by atoms with E-state index in [1.165, 1.54) is 12.1 Å². The maximum Gasteiger partial charge on any atom is 0.341 e. The Bertz CT molecular complexity index is 716. The Kier molecular flexibility index (Phi) is 4.42. The Morgan fingerprint density at radius 3 is 2.33 bits per heavy atom. The molecule has 21 heavy (non-hydrogen) atoms. The minimum atomic E-state index is -4.54. The summed E-state index contributed by atoms with van der Waals surface area (Å²) in [4.78, 5) is -0.396. The zero-order chi connectivity index (χ0) is 15.5. The van der Waals surface area contributed by atoms with Gasteiger partial charge in [0.15, 0.2) is 0 Å². The first kappa shape index (κ1) is 15.2. The Morgan fingerprint density at radius 2 is 1.76 bits per heavy atom. The minimum absolute atomic E-state index is 0.396. The van der Waals surface area contributed by atoms with Crippen LogP contribution in [0, 0.1) is 0 Å². The lowest BCUT2D eigenvalue weighted by molar-refractivity contribution is 0.234. The van der Waals surface area contributed by atoms with Gasteiger partial charge in [-0.2, -0.15) is 8.78 Å². The van der Waals surface area contributed by atoms with Gasteiger partial charge >= 0.3 is 5.76 Å². The van der Waals surface area contributed by atoms with E-state index in [1.807, 2.05) is 18.2 Å². The lowest BCUT2D eigenvalue weighted by atomic mass is 10.2. The number of nitrogens with one attached hydrogen (secondary N) is 1. The molecule has 0 aliphatic rings. The van der Waals surface area contributed by atoms with Crippen molar-refractivity contribution in [2.45, 2.75) is 17.2 Å². The first-order valence-corrected chi connectivity index (χ1v) is 7.64. The largest absolute Gasteiger partial charge is 0.399 e. The van der Waals surface area contributed by atoms with Gasteiger partial charge in [-0.25, -0.2) is 8.42 Å². The van der Waals surface area contributed by atoms with E-state index in [9.17, 15) is 17.2 Å². The molecule has 0 spiro atoms. The number of hydrogen-bond acceptors (Lipinski definition) is 4. The highest BCUT2D eigenvalue weighted by atomic mass is 32.2. The number of nitrogens with two attached hydrogens (primary N) is 1. The van der Waals surface area contributed by atoms with Crippen molar-refractivity contribution in [3.05, 3.63) is 54.1 Å². The van der Waals surface area contributed by atoms with E-state index in [2.05, 4.69) is 5.32 Å². The normalized spacial score (nSPS) is 11.6. The molecule has 0 fully saturated rings. The van der Waals surface area contributed by atoms with Gasteiger partial charge in [-0.05, 0) is 42.0 Å². The molecule has 2 aromatic rings. The van der Waals surface area contributed by atoms with E-state index in [4.69, 9.17) is 5.73 Å². The number of rotatable bonds is 5. The number of anilines is 2. The van der Waals surface area contributed by atoms with E-state index >= 15 is 0 Å². The summed E-state index contributed by atoms with van der Waals surface area (Å²) in [5.74, 6) is -3.41. The third-order valence-corrected chi connectivity index (χ3v) is 4.26. The zero-order valence-electron chi connectivity index (χ0n) is 11.0. The standard InChI is InChI=1S/C14H14F2N2O2S/c15-14(16)21(19,20)13-6-4-12(5-7-13)18-9-10-2-1-3-11(17)8-10/h1-8,14,18H,9,17H2. The lowest BCUT2D eigenvalue weighted by Crippen LogP contribution is -2.11. The summed E-state index contributed by atoms with van der Waals surface area (Å²) >= 11 is 0. The SMILES string of the molecule is Nc1cccc(CNc2ccc(S(=O)(=O)C(F)F)cc2)c1. The average molecular weight is 312 g/mol. The fourth-order valence-electron chi connectivity index (χ4n) is 1.77. The van der Waals surface area contributed by atoms with Crippen molar-refractivity contribution >= 4 is 21.2 Å². The minimum Gasteiger partial charge on any atom is -0.399 e. The molecule has 0 aliphatic heterocycles. The first-order valence-electron chi connectivity index (χ1n) is 6.10. The topological polar surface area (TPSA) is 72.2 Å². The monoisotopic (exact) mass is 312 g/mol. The smallest absolute Gasteiger partial charge is 0.341 e. The molecule has 0 atom stereocenters. The second kappa shape index (κ2) is 6.09. The molecule has 0 aromatic heterocycles. The molecule has 0 radical (unpaired) electrons. The molecule has 0 amide bonds. The van der Waals surface area contributed by atoms with Crippen molar-refractivity contribution in [3.63, 3.8) is 0 Å². The van der Waals surface area contributed by atoms with Gasteiger partial charge in [-0.15, -0.1) is 0 Å². The fourth-order valence-corrected chi connectivity index (χ4v) is 2.49. The van der Waals surface area contributed by atoms with Gasteiger partial charge in [0.25, 0.3) is 0 Å². The van der Waals surface area contributed by atoms with Crippen molar-refractivity contribution in [3.8, 4) is 0 Å². The highest BCUT2D eigenvalue weighted by Gasteiger charge is 2.26. The van der Waals surface area contributed by atoms with Crippen LogP contribution < -0.4 is 11.1 Å². The van der Waals surface area contributed by atoms with Crippen molar-refractivity contribution in [2.24, 2.45) is 0 Å². The number of alkyl halides is 2. The summed E-state index contributed by atoms with van der Waals surface area (Å²) in [6.45, 7) is 0.492. The first-order chi connectivity index (χ1) is 9.89. The van der Waals surface area contributed by atoms with E-state index in [0.29, 0.717) is 17.9 Å². The molecule has 0 saturated heterocycles. The van der Waals surface area contributed by atoms with Crippen LogP contribution in [0.1, 0.15) is 5.56 Å². The second-order valence-corrected chi connectivity index (χ2v) is 6.35. The van der Waals surface area contributed by atoms with Gasteiger partial charge in [-0.3, -0.25) is 0 Å². The van der Waals surface area contributed by atoms with Crippen LogP contribution in [0.5, 0.6) is 0 Å². The van der Waals surface area contributed by atoms with Gasteiger partial charge < -0.3 is 11.1 Å². The van der Waals surface area contributed by atoms with Crippen LogP contribution in [0.4, 0.5) is 20.2 Å². The molecule has 0 aliphatic carbocycles. The van der Waals surface area contributed by atoms with Crippen LogP contribution >= 0.6 is 0 Å². The number of sulfone groups is 1. The summed E-state index contributed by atoms with van der Waals surface area (Å²) in [6.07, 6.45) is 0. The van der Waals surface area contributed by atoms with Gasteiger partial charge in [0.1, 0.15) is 0 Å². The number of halogens is 2. The van der Waals surface area contributed by atoms with Gasteiger partial charge in [-0.1, -0.05) is 12.1 Å². The van der Waals surface area contributed by atoms with E-state index in [1.54, 1.807) is 6.07 Å². The zero-order valence-corrected chi connectivity index (χ0v) is 11.8. The van der Waals surface area contributed by atoms with E-state index in [0.717, 1.165) is 17.7 Å². The maximum absolute atomic E-state index is 12.4. The molecular weight excluding hydrogens is 298 g/mol. The molecule has 0 heterocycles. The van der Waals surface area contributed by atoms with Gasteiger partial charge in [0, 0.05) is 17.9 Å². The average Bonchev–Trinajstić information content (AvgIpc) is 2.45. The van der Waals surface area contributed by atoms with Crippen molar-refractivity contribution < 1.29 is 17.2 Å². The van der Waals surface area contributed by atoms with Gasteiger partial charge in [0.05, 0.1) is 4.90 Å². The summed E-state index contributed by atoms with van der Waals surface area (Å²) in [5, 5.41) is 3.06. The quantitative estimate of drug-likeness (QED) is 0.833. The lowest BCUT2D eigenvalue weighted by Gasteiger charge is -2.08. The van der Waals surface area contributed by atoms with E-state index in [-0.39, 0.29) is 0 Å². The van der Waals surface area contributed by atoms with Crippen molar-refractivity contribution in [1.82, 2.24) is 0 Å². The van der Waals surface area contributed by atoms with Crippen LogP contribution in [0.2, 0.25) is 0 Å². The highest BCUT2D eigenvalue weighted by Crippen LogP contribution is 2.20. The molecule has 7 heteroatoms. The summed E-state index contributed by atoms with van der Waals surface area (Å²) < 4.78 is 47.3. The van der Waals surface area contributed by atoms with Gasteiger partial charge in [0.2, 0.25) is 9.84 Å². The molecule has 2 rings (SSSR count). The van der Waals surface area contributed by atoms with E-state index < -0.39 is 20.5 Å². The number of nitrogen functional groups attached to an aromatic ring is 1. The van der Waals surface area contributed by atoms with Crippen molar-refractivity contribution in [1.29, 1.82) is 0 Å². The third-order valence-electron chi connectivity index (χ3n) is 2.87.